The van der Waals surface area contributed by atoms with Crippen LogP contribution in [0.4, 0.5) is 4.39 Å². The standard InChI is InChI=1S/C5H9FO2/c1-5(2,6)3-4(7)8/h3H2,1-2H3,(H,7,8). The van der Waals surface area contributed by atoms with Gasteiger partial charge in [0.2, 0.25) is 0 Å². The second kappa shape index (κ2) is 2.11. The van der Waals surface area contributed by atoms with Gasteiger partial charge in [0.05, 0.1) is 6.42 Å². The van der Waals surface area contributed by atoms with E-state index in [1.807, 2.05) is 0 Å². The number of carboxylic acids is 1. The maximum Gasteiger partial charge on any atom is 0.306 e. The molecule has 0 aliphatic rings. The van der Waals surface area contributed by atoms with Crippen LogP contribution in [0.25, 0.3) is 0 Å². The Bertz CT molecular complexity index is 93.1. The average Bonchev–Trinajstić information content (AvgIpc) is 1.21. The highest BCUT2D eigenvalue weighted by Gasteiger charge is 2.19. The summed E-state index contributed by atoms with van der Waals surface area (Å²) in [5.41, 5.74) is -1.58. The molecule has 1 N–H and O–H groups in total. The number of aliphatic carboxylic acids is 1. The van der Waals surface area contributed by atoms with E-state index >= 15 is 0 Å². The first-order valence-electron chi connectivity index (χ1n) is 2.32. The molecule has 48 valence electrons. The van der Waals surface area contributed by atoms with Gasteiger partial charge in [-0.1, -0.05) is 0 Å². The van der Waals surface area contributed by atoms with E-state index in [0.29, 0.717) is 0 Å². The van der Waals surface area contributed by atoms with E-state index in [1.165, 1.54) is 13.8 Å². The molecule has 0 heterocycles. The van der Waals surface area contributed by atoms with E-state index in [-0.39, 0.29) is 0 Å². The number of hydrogen-bond donors (Lipinski definition) is 1. The molecule has 0 saturated carbocycles. The summed E-state index contributed by atoms with van der Waals surface area (Å²) in [6, 6.07) is 0. The maximum absolute atomic E-state index is 12.3. The van der Waals surface area contributed by atoms with Crippen LogP contribution < -0.4 is 0 Å². The molecular formula is C5H9FO2. The molecule has 0 aliphatic heterocycles. The number of rotatable bonds is 2. The van der Waals surface area contributed by atoms with E-state index in [2.05, 4.69) is 0 Å². The molecule has 0 rings (SSSR count). The Balaban J connectivity index is 3.55. The van der Waals surface area contributed by atoms with Gasteiger partial charge in [-0.25, -0.2) is 4.39 Å². The average molecular weight is 120 g/mol. The zero-order chi connectivity index (χ0) is 6.78. The Kier molecular flexibility index (Phi) is 1.95. The van der Waals surface area contributed by atoms with Gasteiger partial charge in [0.15, 0.2) is 0 Å². The predicted octanol–water partition coefficient (Wildman–Crippen LogP) is 1.21. The predicted molar refractivity (Wildman–Crippen MR) is 27.4 cm³/mol. The fourth-order valence-corrected chi connectivity index (χ4v) is 0.360. The van der Waals surface area contributed by atoms with Gasteiger partial charge in [0.25, 0.3) is 0 Å². The molecule has 2 nitrogen and oxygen atoms in total. The van der Waals surface area contributed by atoms with Gasteiger partial charge in [-0.05, 0) is 13.8 Å². The van der Waals surface area contributed by atoms with E-state index < -0.39 is 18.1 Å². The molecule has 0 radical (unpaired) electrons. The molecule has 0 atom stereocenters. The summed E-state index contributed by atoms with van der Waals surface area (Å²) in [6.45, 7) is 2.47. The molecule has 0 aromatic carbocycles. The highest BCUT2D eigenvalue weighted by atomic mass is 19.1. The first-order valence-corrected chi connectivity index (χ1v) is 2.32. The van der Waals surface area contributed by atoms with Crippen molar-refractivity contribution in [3.63, 3.8) is 0 Å². The molecule has 0 aromatic heterocycles. The molecular weight excluding hydrogens is 111 g/mol. The van der Waals surface area contributed by atoms with Crippen molar-refractivity contribution in [2.75, 3.05) is 0 Å². The molecule has 0 fully saturated rings. The third-order valence-electron chi connectivity index (χ3n) is 0.572. The summed E-state index contributed by atoms with van der Waals surface area (Å²) in [5, 5.41) is 8.01. The molecule has 0 aromatic rings. The van der Waals surface area contributed by atoms with Crippen LogP contribution in [0.1, 0.15) is 20.3 Å². The molecule has 0 bridgehead atoms. The zero-order valence-electron chi connectivity index (χ0n) is 4.94. The Labute approximate surface area is 47.3 Å². The quantitative estimate of drug-likeness (QED) is 0.594. The second-order valence-corrected chi connectivity index (χ2v) is 2.29. The van der Waals surface area contributed by atoms with Crippen molar-refractivity contribution >= 4 is 5.97 Å². The first-order chi connectivity index (χ1) is 3.42. The van der Waals surface area contributed by atoms with Crippen molar-refractivity contribution in [3.8, 4) is 0 Å². The van der Waals surface area contributed by atoms with Crippen LogP contribution in [-0.2, 0) is 4.79 Å². The fourth-order valence-electron chi connectivity index (χ4n) is 0.360. The van der Waals surface area contributed by atoms with E-state index in [1.54, 1.807) is 0 Å². The Morgan fingerprint density at radius 2 is 2.12 bits per heavy atom. The monoisotopic (exact) mass is 120 g/mol. The largest absolute Gasteiger partial charge is 0.481 e. The topological polar surface area (TPSA) is 37.3 Å². The van der Waals surface area contributed by atoms with Crippen LogP contribution in [0.3, 0.4) is 0 Å². The van der Waals surface area contributed by atoms with Gasteiger partial charge in [-0.15, -0.1) is 0 Å². The van der Waals surface area contributed by atoms with Gasteiger partial charge in [0.1, 0.15) is 5.67 Å². The first kappa shape index (κ1) is 7.40. The highest BCUT2D eigenvalue weighted by Crippen LogP contribution is 2.12. The van der Waals surface area contributed by atoms with Crippen molar-refractivity contribution < 1.29 is 14.3 Å². The minimum absolute atomic E-state index is 0.424. The molecule has 0 spiro atoms. The van der Waals surface area contributed by atoms with Crippen LogP contribution >= 0.6 is 0 Å². The normalized spacial score (nSPS) is 11.4. The Morgan fingerprint density at radius 1 is 1.75 bits per heavy atom. The van der Waals surface area contributed by atoms with E-state index in [9.17, 15) is 9.18 Å². The van der Waals surface area contributed by atoms with Crippen molar-refractivity contribution in [2.24, 2.45) is 0 Å². The number of alkyl halides is 1. The minimum Gasteiger partial charge on any atom is -0.481 e. The van der Waals surface area contributed by atoms with Crippen LogP contribution in [0.15, 0.2) is 0 Å². The highest BCUT2D eigenvalue weighted by molar-refractivity contribution is 5.67. The lowest BCUT2D eigenvalue weighted by Gasteiger charge is -2.08. The molecule has 0 saturated heterocycles. The summed E-state index contributed by atoms with van der Waals surface area (Å²) in [4.78, 5) is 9.77. The molecule has 0 unspecified atom stereocenters. The summed E-state index contributed by atoms with van der Waals surface area (Å²) in [7, 11) is 0. The van der Waals surface area contributed by atoms with Crippen LogP contribution in [0.5, 0.6) is 0 Å². The zero-order valence-corrected chi connectivity index (χ0v) is 4.94. The van der Waals surface area contributed by atoms with Crippen molar-refractivity contribution in [1.29, 1.82) is 0 Å². The Hall–Kier alpha value is -0.600. The summed E-state index contributed by atoms with van der Waals surface area (Å²) in [5.74, 6) is -1.10. The Morgan fingerprint density at radius 3 is 2.12 bits per heavy atom. The molecule has 0 amide bonds. The fraction of sp³-hybridized carbons (Fsp3) is 0.800. The van der Waals surface area contributed by atoms with Crippen molar-refractivity contribution in [1.82, 2.24) is 0 Å². The number of carboxylic acid groups (broad SMARTS) is 1. The van der Waals surface area contributed by atoms with E-state index in [0.717, 1.165) is 0 Å². The van der Waals surface area contributed by atoms with Gasteiger partial charge in [-0.2, -0.15) is 0 Å². The summed E-state index contributed by atoms with van der Waals surface area (Å²) < 4.78 is 12.3. The minimum atomic E-state index is -1.58. The lowest BCUT2D eigenvalue weighted by atomic mass is 10.1. The summed E-state index contributed by atoms with van der Waals surface area (Å²) >= 11 is 0. The smallest absolute Gasteiger partial charge is 0.306 e. The molecule has 3 heteroatoms. The lowest BCUT2D eigenvalue weighted by Crippen LogP contribution is -2.17. The van der Waals surface area contributed by atoms with Gasteiger partial charge in [-0.3, -0.25) is 4.79 Å². The number of hydrogen-bond acceptors (Lipinski definition) is 1. The van der Waals surface area contributed by atoms with Crippen LogP contribution in [-0.4, -0.2) is 16.7 Å². The summed E-state index contributed by atoms with van der Waals surface area (Å²) in [6.07, 6.45) is -0.424. The van der Waals surface area contributed by atoms with Crippen LogP contribution in [0, 0.1) is 0 Å². The molecule has 8 heavy (non-hydrogen) atoms. The van der Waals surface area contributed by atoms with Crippen LogP contribution in [0.2, 0.25) is 0 Å². The second-order valence-electron chi connectivity index (χ2n) is 2.29. The van der Waals surface area contributed by atoms with E-state index in [4.69, 9.17) is 5.11 Å². The number of halogens is 1. The van der Waals surface area contributed by atoms with Gasteiger partial charge in [0, 0.05) is 0 Å². The van der Waals surface area contributed by atoms with Crippen molar-refractivity contribution in [2.45, 2.75) is 25.9 Å². The SMILES string of the molecule is CC(C)(F)CC(=O)O. The van der Waals surface area contributed by atoms with Gasteiger partial charge < -0.3 is 5.11 Å². The van der Waals surface area contributed by atoms with Gasteiger partial charge >= 0.3 is 5.97 Å². The maximum atomic E-state index is 12.3. The van der Waals surface area contributed by atoms with Crippen molar-refractivity contribution in [3.05, 3.63) is 0 Å². The third kappa shape index (κ3) is 5.40. The number of carbonyl (C=O) groups is 1. The lowest BCUT2D eigenvalue weighted by molar-refractivity contribution is -0.139. The third-order valence-corrected chi connectivity index (χ3v) is 0.572. The molecule has 0 aliphatic carbocycles.